The van der Waals surface area contributed by atoms with Crippen LogP contribution >= 0.6 is 8.69 Å². The molecule has 7 heteroatoms. The molecule has 0 aliphatic rings. The summed E-state index contributed by atoms with van der Waals surface area (Å²) in [5.74, 6) is 0. The first-order chi connectivity index (χ1) is 3.15. The van der Waals surface area contributed by atoms with E-state index < -0.39 is 14.7 Å². The van der Waals surface area contributed by atoms with Crippen molar-refractivity contribution in [3.05, 3.63) is 0 Å². The van der Waals surface area contributed by atoms with Gasteiger partial charge < -0.3 is 20.9 Å². The summed E-state index contributed by atoms with van der Waals surface area (Å²) in [6, 6.07) is -0.833. The first-order valence-corrected chi connectivity index (χ1v) is 2.20. The maximum Gasteiger partial charge on any atom is 1.00 e. The van der Waals surface area contributed by atoms with E-state index in [1.165, 1.54) is 0 Å². The second-order valence-electron chi connectivity index (χ2n) is 0.499. The van der Waals surface area contributed by atoms with Crippen molar-refractivity contribution in [3.8, 4) is 0 Å². The van der Waals surface area contributed by atoms with Gasteiger partial charge in [-0.3, -0.25) is 0 Å². The van der Waals surface area contributed by atoms with E-state index in [4.69, 9.17) is 14.3 Å². The smallest absolute Gasteiger partial charge is 0.804 e. The third-order valence-electron chi connectivity index (χ3n) is 0. The average Bonchev–Trinajstić information content (AvgIpc) is 1.33. The largest absolute Gasteiger partial charge is 1.00 e. The fourth-order valence-electron chi connectivity index (χ4n) is 0. The van der Waals surface area contributed by atoms with Crippen molar-refractivity contribution in [2.45, 2.75) is 0 Å². The Kier molecular flexibility index (Phi) is 30.9. The van der Waals surface area contributed by atoms with Crippen molar-refractivity contribution in [3.63, 3.8) is 0 Å². The van der Waals surface area contributed by atoms with Gasteiger partial charge in [0.2, 0.25) is 0 Å². The second-order valence-corrected chi connectivity index (χ2v) is 0.691. The van der Waals surface area contributed by atoms with Crippen LogP contribution in [0, 0.1) is 0 Å². The molecule has 0 bridgehead atoms. The van der Waals surface area contributed by atoms with Gasteiger partial charge in [-0.05, 0) is 8.69 Å². The van der Waals surface area contributed by atoms with Crippen LogP contribution in [0.15, 0.2) is 0 Å². The number of urea groups is 1. The van der Waals surface area contributed by atoms with E-state index in [0.29, 0.717) is 0 Å². The summed E-state index contributed by atoms with van der Waals surface area (Å²) < 4.78 is 8.46. The minimum atomic E-state index is -1.75. The summed E-state index contributed by atoms with van der Waals surface area (Å²) in [6.45, 7) is 0. The molecule has 0 saturated heterocycles. The van der Waals surface area contributed by atoms with E-state index in [0.717, 1.165) is 0 Å². The van der Waals surface area contributed by atoms with E-state index >= 15 is 0 Å². The van der Waals surface area contributed by atoms with E-state index in [2.05, 4.69) is 11.5 Å². The molecule has 5 nitrogen and oxygen atoms in total. The van der Waals surface area contributed by atoms with Gasteiger partial charge in [0.1, 0.15) is 0 Å². The zero-order valence-electron chi connectivity index (χ0n) is 4.46. The predicted molar refractivity (Wildman–Crippen MR) is 24.2 cm³/mol. The number of carbonyl (C=O) groups is 1. The molecule has 0 aliphatic carbocycles. The van der Waals surface area contributed by atoms with Crippen molar-refractivity contribution in [2.24, 2.45) is 11.5 Å². The molecule has 0 aromatic heterocycles. The minimum absolute atomic E-state index is 0. The number of hydrogen-bond donors (Lipinski definition) is 2. The summed E-state index contributed by atoms with van der Waals surface area (Å²) >= 11 is 0. The molecule has 0 fully saturated rings. The van der Waals surface area contributed by atoms with Crippen molar-refractivity contribution < 1.29 is 43.8 Å². The van der Waals surface area contributed by atoms with Gasteiger partial charge in [0, 0.05) is 0 Å². The number of primary amides is 2. The van der Waals surface area contributed by atoms with Crippen LogP contribution in [0.5, 0.6) is 0 Å². The standard InChI is InChI=1S/CH4N2O.Na.H3O2P/c2-1(3)4;;1-3-2/h(H4,2,3,4);;3H2,(H,1,2)/q;+1;/p-1. The maximum atomic E-state index is 9.00. The number of amides is 2. The predicted octanol–water partition coefficient (Wildman–Crippen LogP) is -4.95. The van der Waals surface area contributed by atoms with Gasteiger partial charge in [-0.2, -0.15) is 0 Å². The molecular weight excluding hydrogens is 142 g/mol. The Morgan fingerprint density at radius 2 is 1.50 bits per heavy atom. The van der Waals surface area contributed by atoms with Crippen LogP contribution in [0.3, 0.4) is 0 Å². The number of carbonyl (C=O) groups excluding carboxylic acids is 1. The van der Waals surface area contributed by atoms with Crippen molar-refractivity contribution in [2.75, 3.05) is 0 Å². The molecule has 44 valence electrons. The molecule has 2 amide bonds. The monoisotopic (exact) mass is 148 g/mol. The van der Waals surface area contributed by atoms with Crippen LogP contribution in [0.2, 0.25) is 0 Å². The average molecular weight is 148 g/mol. The molecular formula is CH6N2NaO3P. The van der Waals surface area contributed by atoms with Crippen LogP contribution < -0.4 is 45.9 Å². The van der Waals surface area contributed by atoms with Crippen molar-refractivity contribution >= 4 is 14.7 Å². The van der Waals surface area contributed by atoms with Gasteiger partial charge >= 0.3 is 35.6 Å². The van der Waals surface area contributed by atoms with Crippen LogP contribution in [0.4, 0.5) is 4.79 Å². The zero-order chi connectivity index (χ0) is 6.28. The fourth-order valence-corrected chi connectivity index (χ4v) is 0. The van der Waals surface area contributed by atoms with Crippen molar-refractivity contribution in [1.82, 2.24) is 0 Å². The van der Waals surface area contributed by atoms with Gasteiger partial charge in [-0.15, -0.1) is 0 Å². The maximum absolute atomic E-state index is 9.00. The quantitative estimate of drug-likeness (QED) is 0.265. The molecule has 0 rings (SSSR count). The van der Waals surface area contributed by atoms with E-state index in [9.17, 15) is 0 Å². The fraction of sp³-hybridized carbons (Fsp3) is 0. The molecule has 1 atom stereocenters. The van der Waals surface area contributed by atoms with E-state index in [1.54, 1.807) is 0 Å². The van der Waals surface area contributed by atoms with Crippen LogP contribution in [0.1, 0.15) is 0 Å². The molecule has 0 aliphatic heterocycles. The first kappa shape index (κ1) is 15.8. The second kappa shape index (κ2) is 15.7. The Labute approximate surface area is 70.0 Å². The molecule has 0 aromatic rings. The third-order valence-corrected chi connectivity index (χ3v) is 0. The Balaban J connectivity index is -0.0000000575. The minimum Gasteiger partial charge on any atom is -0.804 e. The number of hydrogen-bond acceptors (Lipinski definition) is 3. The molecule has 4 N–H and O–H groups in total. The summed E-state index contributed by atoms with van der Waals surface area (Å²) in [4.78, 5) is 17.5. The van der Waals surface area contributed by atoms with E-state index in [-0.39, 0.29) is 29.6 Å². The molecule has 0 saturated carbocycles. The number of rotatable bonds is 0. The molecule has 0 spiro atoms. The normalized spacial score (nSPS) is 6.62. The van der Waals surface area contributed by atoms with Gasteiger partial charge in [0.25, 0.3) is 0 Å². The molecule has 8 heavy (non-hydrogen) atoms. The summed E-state index contributed by atoms with van der Waals surface area (Å²) in [6.07, 6.45) is 0. The Morgan fingerprint density at radius 1 is 1.50 bits per heavy atom. The van der Waals surface area contributed by atoms with E-state index in [1.807, 2.05) is 0 Å². The Morgan fingerprint density at radius 3 is 1.50 bits per heavy atom. The summed E-state index contributed by atoms with van der Waals surface area (Å²) in [7, 11) is -1.75. The molecule has 1 unspecified atom stereocenters. The van der Waals surface area contributed by atoms with Crippen LogP contribution in [-0.4, -0.2) is 6.03 Å². The van der Waals surface area contributed by atoms with Gasteiger partial charge in [-0.25, -0.2) is 4.79 Å². The van der Waals surface area contributed by atoms with Gasteiger partial charge in [-0.1, -0.05) is 0 Å². The van der Waals surface area contributed by atoms with Crippen LogP contribution in [0.25, 0.3) is 0 Å². The first-order valence-electron chi connectivity index (χ1n) is 1.25. The van der Waals surface area contributed by atoms with Gasteiger partial charge in [0.05, 0.1) is 0 Å². The zero-order valence-corrected chi connectivity index (χ0v) is 7.61. The van der Waals surface area contributed by atoms with Crippen LogP contribution in [-0.2, 0) is 4.57 Å². The van der Waals surface area contributed by atoms with Gasteiger partial charge in [0.15, 0.2) is 0 Å². The molecule has 0 radical (unpaired) electrons. The Bertz CT molecular complexity index is 64.3. The Hall–Kier alpha value is 0.460. The molecule has 0 heterocycles. The van der Waals surface area contributed by atoms with Crippen molar-refractivity contribution in [1.29, 1.82) is 0 Å². The topological polar surface area (TPSA) is 109 Å². The summed E-state index contributed by atoms with van der Waals surface area (Å²) in [5, 5.41) is 0. The summed E-state index contributed by atoms with van der Waals surface area (Å²) in [5.41, 5.74) is 8.50. The SMILES string of the molecule is NC(N)=O.O=[PH2][O-].[Na+]. The molecule has 0 aromatic carbocycles. The number of nitrogens with two attached hydrogens (primary N) is 2. The third kappa shape index (κ3) is 910.